The summed E-state index contributed by atoms with van der Waals surface area (Å²) in [6.45, 7) is 2.17. The van der Waals surface area contributed by atoms with E-state index in [0.29, 0.717) is 6.42 Å². The SMILES string of the molecule is Cc1cccc2c1-c1nc3ccccc3c3cccc(c13)N2/C=N/C(=C\Cc1cccc2c1oc1ccccc12)c1ccccc1. The van der Waals surface area contributed by atoms with E-state index in [0.717, 1.165) is 77.7 Å². The molecule has 9 rings (SSSR count). The Kier molecular flexibility index (Phi) is 6.07. The molecule has 0 bridgehead atoms. The lowest BCUT2D eigenvalue weighted by atomic mass is 9.91. The Labute approximate surface area is 266 Å². The van der Waals surface area contributed by atoms with E-state index >= 15 is 0 Å². The first kappa shape index (κ1) is 26.4. The van der Waals surface area contributed by atoms with Crippen molar-refractivity contribution in [3.8, 4) is 11.3 Å². The van der Waals surface area contributed by atoms with Crippen LogP contribution in [0.5, 0.6) is 0 Å². The van der Waals surface area contributed by atoms with Crippen molar-refractivity contribution in [3.05, 3.63) is 156 Å². The molecule has 218 valence electrons. The zero-order valence-corrected chi connectivity index (χ0v) is 25.3. The topological polar surface area (TPSA) is 41.6 Å². The van der Waals surface area contributed by atoms with Crippen molar-refractivity contribution in [2.24, 2.45) is 4.99 Å². The van der Waals surface area contributed by atoms with Gasteiger partial charge in [-0.2, -0.15) is 0 Å². The van der Waals surface area contributed by atoms with E-state index in [-0.39, 0.29) is 0 Å². The summed E-state index contributed by atoms with van der Waals surface area (Å²) in [4.78, 5) is 12.7. The Morgan fingerprint density at radius 2 is 1.41 bits per heavy atom. The molecule has 46 heavy (non-hydrogen) atoms. The number of benzene rings is 6. The minimum Gasteiger partial charge on any atom is -0.456 e. The van der Waals surface area contributed by atoms with Crippen LogP contribution in [0.2, 0.25) is 0 Å². The van der Waals surface area contributed by atoms with E-state index in [4.69, 9.17) is 14.4 Å². The predicted molar refractivity (Wildman–Crippen MR) is 192 cm³/mol. The van der Waals surface area contributed by atoms with E-state index in [1.54, 1.807) is 0 Å². The standard InChI is InChI=1S/C42H29N3O/c1-27-12-9-21-36-39(27)41-40-32(30-16-5-7-20-35(30)44-41)18-11-22-37(40)45(36)26-43-34(28-13-3-2-4-14-28)25-24-29-15-10-19-33-31-17-6-8-23-38(31)46-42(29)33/h2-23,25-26H,24H2,1H3/b34-25-,43-26+. The number of fused-ring (bicyclic) bond motifs is 7. The third kappa shape index (κ3) is 4.15. The number of nitrogens with zero attached hydrogens (tertiary/aromatic N) is 3. The number of allylic oxidation sites excluding steroid dienone is 1. The van der Waals surface area contributed by atoms with E-state index < -0.39 is 0 Å². The highest BCUT2D eigenvalue weighted by molar-refractivity contribution is 6.22. The number of aliphatic imine (C=N–C) groups is 1. The predicted octanol–water partition coefficient (Wildman–Crippen LogP) is 11.0. The van der Waals surface area contributed by atoms with Gasteiger partial charge in [-0.25, -0.2) is 9.98 Å². The van der Waals surface area contributed by atoms with Crippen LogP contribution in [0, 0.1) is 6.92 Å². The smallest absolute Gasteiger partial charge is 0.138 e. The van der Waals surface area contributed by atoms with Crippen LogP contribution in [0.1, 0.15) is 16.7 Å². The van der Waals surface area contributed by atoms with Gasteiger partial charge in [0.2, 0.25) is 0 Å². The Hall–Kier alpha value is -6.00. The highest BCUT2D eigenvalue weighted by Crippen LogP contribution is 2.49. The van der Waals surface area contributed by atoms with Crippen LogP contribution in [0.25, 0.3) is 60.6 Å². The van der Waals surface area contributed by atoms with Crippen molar-refractivity contribution < 1.29 is 4.42 Å². The summed E-state index contributed by atoms with van der Waals surface area (Å²) in [6.07, 6.45) is 4.87. The molecule has 4 nitrogen and oxygen atoms in total. The van der Waals surface area contributed by atoms with E-state index in [2.05, 4.69) is 133 Å². The Morgan fingerprint density at radius 3 is 2.33 bits per heavy atom. The molecule has 2 aromatic heterocycles. The van der Waals surface area contributed by atoms with Gasteiger partial charge in [0.15, 0.2) is 0 Å². The van der Waals surface area contributed by atoms with Gasteiger partial charge in [0.05, 0.1) is 28.3 Å². The van der Waals surface area contributed by atoms with E-state index in [1.807, 2.05) is 24.5 Å². The molecule has 0 unspecified atom stereocenters. The first-order valence-corrected chi connectivity index (χ1v) is 15.6. The van der Waals surface area contributed by atoms with Crippen LogP contribution in [0.4, 0.5) is 11.4 Å². The lowest BCUT2D eigenvalue weighted by Crippen LogP contribution is -2.20. The zero-order valence-electron chi connectivity index (χ0n) is 25.3. The Bertz CT molecular complexity index is 2520. The van der Waals surface area contributed by atoms with Gasteiger partial charge in [0.1, 0.15) is 17.5 Å². The van der Waals surface area contributed by atoms with Crippen LogP contribution >= 0.6 is 0 Å². The molecule has 0 aliphatic carbocycles. The molecule has 0 fully saturated rings. The highest BCUT2D eigenvalue weighted by atomic mass is 16.3. The second-order valence-electron chi connectivity index (χ2n) is 11.8. The first-order valence-electron chi connectivity index (χ1n) is 15.6. The molecule has 0 N–H and O–H groups in total. The minimum atomic E-state index is 0.683. The van der Waals surface area contributed by atoms with Gasteiger partial charge in [-0.1, -0.05) is 115 Å². The molecule has 8 aromatic rings. The van der Waals surface area contributed by atoms with Crippen molar-refractivity contribution in [2.45, 2.75) is 13.3 Å². The second kappa shape index (κ2) is 10.6. The Balaban J connectivity index is 1.20. The number of pyridine rings is 1. The van der Waals surface area contributed by atoms with Crippen LogP contribution in [-0.4, -0.2) is 11.3 Å². The summed E-state index contributed by atoms with van der Waals surface area (Å²) >= 11 is 0. The molecule has 0 amide bonds. The number of anilines is 2. The molecule has 0 atom stereocenters. The summed E-state index contributed by atoms with van der Waals surface area (Å²) in [6, 6.07) is 46.4. The molecule has 0 spiro atoms. The fourth-order valence-corrected chi connectivity index (χ4v) is 6.93. The number of rotatable bonds is 5. The van der Waals surface area contributed by atoms with Crippen LogP contribution in [-0.2, 0) is 6.42 Å². The van der Waals surface area contributed by atoms with Gasteiger partial charge in [0.25, 0.3) is 0 Å². The number of para-hydroxylation sites is 3. The number of hydrogen-bond donors (Lipinski definition) is 0. The van der Waals surface area contributed by atoms with Crippen molar-refractivity contribution in [2.75, 3.05) is 4.90 Å². The quantitative estimate of drug-likeness (QED) is 0.114. The minimum absolute atomic E-state index is 0.683. The fourth-order valence-electron chi connectivity index (χ4n) is 6.93. The Morgan fingerprint density at radius 1 is 0.696 bits per heavy atom. The van der Waals surface area contributed by atoms with Gasteiger partial charge < -0.3 is 4.42 Å². The summed E-state index contributed by atoms with van der Waals surface area (Å²) in [5.41, 5.74) is 11.4. The normalized spacial score (nSPS) is 13.0. The number of furan rings is 1. The third-order valence-corrected chi connectivity index (χ3v) is 9.10. The lowest BCUT2D eigenvalue weighted by molar-refractivity contribution is 0.664. The van der Waals surface area contributed by atoms with Gasteiger partial charge in [-0.3, -0.25) is 4.90 Å². The maximum atomic E-state index is 6.34. The van der Waals surface area contributed by atoms with E-state index in [1.165, 1.54) is 10.9 Å². The second-order valence-corrected chi connectivity index (χ2v) is 11.8. The van der Waals surface area contributed by atoms with Crippen molar-refractivity contribution in [1.82, 2.24) is 4.98 Å². The molecule has 1 aliphatic rings. The highest BCUT2D eigenvalue weighted by Gasteiger charge is 2.27. The third-order valence-electron chi connectivity index (χ3n) is 9.10. The average molecular weight is 592 g/mol. The molecule has 0 saturated heterocycles. The van der Waals surface area contributed by atoms with Crippen LogP contribution < -0.4 is 4.90 Å². The molecular formula is C42H29N3O. The first-order chi connectivity index (χ1) is 22.7. The average Bonchev–Trinajstić information content (AvgIpc) is 3.49. The van der Waals surface area contributed by atoms with Crippen LogP contribution in [0.15, 0.2) is 149 Å². The fraction of sp³-hybridized carbons (Fsp3) is 0.0476. The van der Waals surface area contributed by atoms with Gasteiger partial charge in [-0.05, 0) is 59.7 Å². The number of hydrogen-bond acceptors (Lipinski definition) is 3. The maximum Gasteiger partial charge on any atom is 0.138 e. The maximum absolute atomic E-state index is 6.34. The monoisotopic (exact) mass is 591 g/mol. The summed E-state index contributed by atoms with van der Waals surface area (Å²) in [7, 11) is 0. The van der Waals surface area contributed by atoms with E-state index in [9.17, 15) is 0 Å². The lowest BCUT2D eigenvalue weighted by Gasteiger charge is -2.31. The van der Waals surface area contributed by atoms with Crippen molar-refractivity contribution in [3.63, 3.8) is 0 Å². The summed E-state index contributed by atoms with van der Waals surface area (Å²) in [5.74, 6) is 0. The van der Waals surface area contributed by atoms with Gasteiger partial charge in [0, 0.05) is 27.1 Å². The van der Waals surface area contributed by atoms with Crippen molar-refractivity contribution >= 4 is 67.0 Å². The molecule has 1 aliphatic heterocycles. The van der Waals surface area contributed by atoms with Gasteiger partial charge >= 0.3 is 0 Å². The number of aryl methyl sites for hydroxylation is 1. The summed E-state index contributed by atoms with van der Waals surface area (Å²) in [5, 5.41) is 5.78. The molecule has 3 heterocycles. The number of aromatic nitrogens is 1. The van der Waals surface area contributed by atoms with Crippen molar-refractivity contribution in [1.29, 1.82) is 0 Å². The molecular weight excluding hydrogens is 562 g/mol. The molecule has 4 heteroatoms. The molecule has 0 radical (unpaired) electrons. The molecule has 0 saturated carbocycles. The van der Waals surface area contributed by atoms with Gasteiger partial charge in [-0.15, -0.1) is 0 Å². The molecule has 6 aromatic carbocycles. The van der Waals surface area contributed by atoms with Crippen LogP contribution in [0.3, 0.4) is 0 Å². The zero-order chi connectivity index (χ0) is 30.6. The largest absolute Gasteiger partial charge is 0.456 e. The summed E-state index contributed by atoms with van der Waals surface area (Å²) < 4.78 is 6.34.